The molecule has 184 valence electrons. The zero-order valence-electron chi connectivity index (χ0n) is 19.6. The van der Waals surface area contributed by atoms with Crippen molar-refractivity contribution in [1.82, 2.24) is 10.6 Å². The second-order valence-electron chi connectivity index (χ2n) is 9.76. The number of carbonyl (C=O) groups excluding carboxylic acids is 2. The molecule has 2 fully saturated rings. The van der Waals surface area contributed by atoms with Crippen LogP contribution >= 0.6 is 0 Å². The third kappa shape index (κ3) is 4.50. The summed E-state index contributed by atoms with van der Waals surface area (Å²) in [5.74, 6) is -0.990. The summed E-state index contributed by atoms with van der Waals surface area (Å²) < 4.78 is 10.7. The number of benzene rings is 2. The number of hydrogen-bond donors (Lipinski definition) is 3. The van der Waals surface area contributed by atoms with E-state index in [0.29, 0.717) is 18.8 Å². The molecule has 3 aliphatic carbocycles. The molecule has 5 rings (SSSR count). The second kappa shape index (κ2) is 9.70. The minimum absolute atomic E-state index is 0.00853. The summed E-state index contributed by atoms with van der Waals surface area (Å²) in [6.07, 6.45) is 1.35. The van der Waals surface area contributed by atoms with Gasteiger partial charge in [-0.15, -0.1) is 0 Å². The number of methoxy groups -OCH3 is 1. The van der Waals surface area contributed by atoms with E-state index in [2.05, 4.69) is 22.8 Å². The monoisotopic (exact) mass is 478 g/mol. The first-order valence-corrected chi connectivity index (χ1v) is 12.1. The molecule has 2 aromatic carbocycles. The highest BCUT2D eigenvalue weighted by atomic mass is 16.5. The van der Waals surface area contributed by atoms with Crippen molar-refractivity contribution in [2.75, 3.05) is 20.3 Å². The molecule has 2 amide bonds. The predicted octanol–water partition coefficient (Wildman–Crippen LogP) is 3.16. The van der Waals surface area contributed by atoms with Crippen molar-refractivity contribution in [2.24, 2.45) is 17.8 Å². The Hall–Kier alpha value is -3.39. The zero-order chi connectivity index (χ0) is 24.5. The summed E-state index contributed by atoms with van der Waals surface area (Å²) >= 11 is 0. The Morgan fingerprint density at radius 3 is 2.29 bits per heavy atom. The summed E-state index contributed by atoms with van der Waals surface area (Å²) in [5.41, 5.74) is 4.51. The highest BCUT2D eigenvalue weighted by molar-refractivity contribution is 5.86. The Bertz CT molecular complexity index is 1090. The molecule has 5 atom stereocenters. The SMILES string of the molecule is COC[C@H](NC(=O)OCC1c2ccccc2-c2ccccc21)C(=O)NC1CC2CC(C(=O)O)CC21. The van der Waals surface area contributed by atoms with Crippen molar-refractivity contribution in [2.45, 2.75) is 37.3 Å². The van der Waals surface area contributed by atoms with E-state index in [9.17, 15) is 19.5 Å². The molecule has 0 saturated heterocycles. The third-order valence-corrected chi connectivity index (χ3v) is 7.79. The Morgan fingerprint density at radius 1 is 1.00 bits per heavy atom. The summed E-state index contributed by atoms with van der Waals surface area (Å²) in [4.78, 5) is 36.8. The van der Waals surface area contributed by atoms with Gasteiger partial charge < -0.3 is 25.2 Å². The van der Waals surface area contributed by atoms with E-state index < -0.39 is 18.1 Å². The molecule has 8 nitrogen and oxygen atoms in total. The molecule has 35 heavy (non-hydrogen) atoms. The van der Waals surface area contributed by atoms with Crippen LogP contribution in [0, 0.1) is 17.8 Å². The van der Waals surface area contributed by atoms with Gasteiger partial charge in [-0.2, -0.15) is 0 Å². The van der Waals surface area contributed by atoms with Gasteiger partial charge in [0.25, 0.3) is 0 Å². The molecule has 0 aliphatic heterocycles. The Balaban J connectivity index is 1.17. The molecule has 0 spiro atoms. The molecular formula is C27H30N2O6. The standard InChI is InChI=1S/C27H30N2O6/c1-34-14-24(25(30)28-23-12-15-10-16(26(31)32)11-21(15)23)29-27(33)35-13-22-19-8-4-2-6-17(19)18-7-3-5-9-20(18)22/h2-9,15-16,21-24H,10-14H2,1H3,(H,28,30)(H,29,33)(H,31,32)/t15?,16?,21?,23?,24-/m0/s1. The number of hydrogen-bond acceptors (Lipinski definition) is 5. The number of amides is 2. The van der Waals surface area contributed by atoms with E-state index in [-0.39, 0.29) is 42.9 Å². The molecule has 0 bridgehead atoms. The molecule has 3 aliphatic rings. The minimum Gasteiger partial charge on any atom is -0.481 e. The summed E-state index contributed by atoms with van der Waals surface area (Å²) in [6.45, 7) is 0.165. The van der Waals surface area contributed by atoms with Crippen LogP contribution in [0.1, 0.15) is 36.3 Å². The number of aliphatic carboxylic acids is 1. The molecule has 2 aromatic rings. The first-order chi connectivity index (χ1) is 17.0. The third-order valence-electron chi connectivity index (χ3n) is 7.79. The van der Waals surface area contributed by atoms with Gasteiger partial charge in [0.05, 0.1) is 12.5 Å². The van der Waals surface area contributed by atoms with Gasteiger partial charge in [-0.3, -0.25) is 9.59 Å². The molecule has 0 aromatic heterocycles. The van der Waals surface area contributed by atoms with Gasteiger partial charge in [-0.05, 0) is 53.4 Å². The van der Waals surface area contributed by atoms with Crippen LogP contribution in [0.4, 0.5) is 4.79 Å². The molecule has 8 heteroatoms. The minimum atomic E-state index is -0.897. The van der Waals surface area contributed by atoms with Crippen molar-refractivity contribution in [1.29, 1.82) is 0 Å². The lowest BCUT2D eigenvalue weighted by atomic mass is 9.71. The van der Waals surface area contributed by atoms with Gasteiger partial charge in [0.2, 0.25) is 5.91 Å². The number of carbonyl (C=O) groups is 3. The number of carboxylic acid groups (broad SMARTS) is 1. The molecule has 2 saturated carbocycles. The van der Waals surface area contributed by atoms with Crippen LogP contribution in [0.3, 0.4) is 0 Å². The average Bonchev–Trinajstić information content (AvgIpc) is 3.36. The van der Waals surface area contributed by atoms with E-state index >= 15 is 0 Å². The lowest BCUT2D eigenvalue weighted by molar-refractivity contribution is -0.141. The van der Waals surface area contributed by atoms with Crippen LogP contribution in [-0.2, 0) is 19.1 Å². The maximum atomic E-state index is 12.9. The maximum absolute atomic E-state index is 12.9. The fraction of sp³-hybridized carbons (Fsp3) is 0.444. The van der Waals surface area contributed by atoms with Crippen LogP contribution in [0.25, 0.3) is 11.1 Å². The first kappa shape index (κ1) is 23.4. The summed E-state index contributed by atoms with van der Waals surface area (Å²) in [7, 11) is 1.47. The van der Waals surface area contributed by atoms with Gasteiger partial charge in [0.15, 0.2) is 0 Å². The summed E-state index contributed by atoms with van der Waals surface area (Å²) in [5, 5.41) is 14.9. The highest BCUT2D eigenvalue weighted by Crippen LogP contribution is 2.49. The maximum Gasteiger partial charge on any atom is 0.407 e. The molecule has 3 N–H and O–H groups in total. The van der Waals surface area contributed by atoms with Gasteiger partial charge in [-0.1, -0.05) is 48.5 Å². The van der Waals surface area contributed by atoms with Crippen molar-refractivity contribution >= 4 is 18.0 Å². The van der Waals surface area contributed by atoms with Crippen molar-refractivity contribution in [3.63, 3.8) is 0 Å². The smallest absolute Gasteiger partial charge is 0.407 e. The van der Waals surface area contributed by atoms with Gasteiger partial charge in [0, 0.05) is 19.1 Å². The number of alkyl carbamates (subject to hydrolysis) is 1. The lowest BCUT2D eigenvalue weighted by Crippen LogP contribution is -2.57. The lowest BCUT2D eigenvalue weighted by Gasteiger charge is -2.41. The normalized spacial score (nSPS) is 24.9. The largest absolute Gasteiger partial charge is 0.481 e. The fourth-order valence-corrected chi connectivity index (χ4v) is 6.01. The van der Waals surface area contributed by atoms with Crippen LogP contribution < -0.4 is 10.6 Å². The number of nitrogens with one attached hydrogen (secondary N) is 2. The van der Waals surface area contributed by atoms with E-state index in [1.54, 1.807) is 0 Å². The Morgan fingerprint density at radius 2 is 1.66 bits per heavy atom. The van der Waals surface area contributed by atoms with Crippen LogP contribution in [-0.4, -0.2) is 55.5 Å². The van der Waals surface area contributed by atoms with Crippen LogP contribution in [0.2, 0.25) is 0 Å². The van der Waals surface area contributed by atoms with Crippen LogP contribution in [0.5, 0.6) is 0 Å². The molecule has 0 heterocycles. The van der Waals surface area contributed by atoms with Crippen molar-refractivity contribution < 1.29 is 29.0 Å². The Kier molecular flexibility index (Phi) is 6.47. The highest BCUT2D eigenvalue weighted by Gasteiger charge is 2.50. The Labute approximate surface area is 204 Å². The number of ether oxygens (including phenoxy) is 2. The van der Waals surface area contributed by atoms with Crippen molar-refractivity contribution in [3.05, 3.63) is 59.7 Å². The topological polar surface area (TPSA) is 114 Å². The molecule has 0 radical (unpaired) electrons. The van der Waals surface area contributed by atoms with E-state index in [4.69, 9.17) is 9.47 Å². The van der Waals surface area contributed by atoms with E-state index in [1.165, 1.54) is 7.11 Å². The zero-order valence-corrected chi connectivity index (χ0v) is 19.6. The van der Waals surface area contributed by atoms with Gasteiger partial charge in [-0.25, -0.2) is 4.79 Å². The van der Waals surface area contributed by atoms with E-state index in [0.717, 1.165) is 28.7 Å². The number of carboxylic acids is 1. The molecule has 4 unspecified atom stereocenters. The predicted molar refractivity (Wildman–Crippen MR) is 128 cm³/mol. The van der Waals surface area contributed by atoms with Gasteiger partial charge in [0.1, 0.15) is 12.6 Å². The second-order valence-corrected chi connectivity index (χ2v) is 9.76. The average molecular weight is 479 g/mol. The fourth-order valence-electron chi connectivity index (χ4n) is 6.01. The first-order valence-electron chi connectivity index (χ1n) is 12.1. The van der Waals surface area contributed by atoms with Crippen molar-refractivity contribution in [3.8, 4) is 11.1 Å². The van der Waals surface area contributed by atoms with E-state index in [1.807, 2.05) is 36.4 Å². The number of rotatable bonds is 8. The molecular weight excluding hydrogens is 448 g/mol. The van der Waals surface area contributed by atoms with Crippen LogP contribution in [0.15, 0.2) is 48.5 Å². The summed E-state index contributed by atoms with van der Waals surface area (Å²) in [6, 6.07) is 15.2. The van der Waals surface area contributed by atoms with Gasteiger partial charge >= 0.3 is 12.1 Å². The number of fused-ring (bicyclic) bond motifs is 4. The quantitative estimate of drug-likeness (QED) is 0.537.